The van der Waals surface area contributed by atoms with Crippen LogP contribution in [0.3, 0.4) is 0 Å². The molecule has 2 aliphatic heterocycles. The second-order valence-corrected chi connectivity index (χ2v) is 7.35. The summed E-state index contributed by atoms with van der Waals surface area (Å²) in [7, 11) is 2.06. The van der Waals surface area contributed by atoms with Crippen LogP contribution in [0.15, 0.2) is 48.5 Å². The van der Waals surface area contributed by atoms with Crippen LogP contribution in [0.4, 0.5) is 11.4 Å². The van der Waals surface area contributed by atoms with E-state index in [2.05, 4.69) is 18.0 Å². The molecule has 0 spiro atoms. The van der Waals surface area contributed by atoms with Gasteiger partial charge in [0, 0.05) is 50.0 Å². The predicted molar refractivity (Wildman–Crippen MR) is 109 cm³/mol. The van der Waals surface area contributed by atoms with Gasteiger partial charge in [0.05, 0.1) is 0 Å². The first-order valence-electron chi connectivity index (χ1n) is 9.72. The fraction of sp³-hybridized carbons (Fsp3) is 0.364. The first kappa shape index (κ1) is 18.5. The molecule has 2 heterocycles. The lowest BCUT2D eigenvalue weighted by atomic mass is 10.1. The van der Waals surface area contributed by atoms with Crippen molar-refractivity contribution in [1.29, 1.82) is 0 Å². The largest absolute Gasteiger partial charge is 0.484 e. The van der Waals surface area contributed by atoms with Crippen molar-refractivity contribution in [3.63, 3.8) is 0 Å². The van der Waals surface area contributed by atoms with Gasteiger partial charge in [0.1, 0.15) is 5.75 Å². The number of benzene rings is 2. The summed E-state index contributed by atoms with van der Waals surface area (Å²) in [5.41, 5.74) is 2.93. The van der Waals surface area contributed by atoms with Gasteiger partial charge in [-0.05, 0) is 37.2 Å². The zero-order chi connectivity index (χ0) is 19.5. The minimum Gasteiger partial charge on any atom is -0.484 e. The highest BCUT2D eigenvalue weighted by Gasteiger charge is 2.24. The minimum absolute atomic E-state index is 0.0323. The van der Waals surface area contributed by atoms with Crippen LogP contribution in [0.1, 0.15) is 18.4 Å². The van der Waals surface area contributed by atoms with Crippen LogP contribution < -0.4 is 14.5 Å². The van der Waals surface area contributed by atoms with E-state index in [0.717, 1.165) is 43.0 Å². The number of likely N-dealkylation sites (N-methyl/N-ethyl adjacent to an activating group) is 1. The summed E-state index contributed by atoms with van der Waals surface area (Å²) >= 11 is 0. The van der Waals surface area contributed by atoms with E-state index in [4.69, 9.17) is 4.74 Å². The Morgan fingerprint density at radius 1 is 1.07 bits per heavy atom. The number of ether oxygens (including phenoxy) is 1. The highest BCUT2D eigenvalue weighted by molar-refractivity contribution is 5.96. The van der Waals surface area contributed by atoms with Gasteiger partial charge in [-0.3, -0.25) is 9.59 Å². The summed E-state index contributed by atoms with van der Waals surface area (Å²) in [6.07, 6.45) is 1.47. The van der Waals surface area contributed by atoms with Gasteiger partial charge in [0.15, 0.2) is 6.61 Å². The SMILES string of the molecule is CN1CCN(C(=O)COc2cccc(N3CCCC3=O)c2)c2ccccc2C1. The van der Waals surface area contributed by atoms with Crippen LogP contribution in [-0.4, -0.2) is 50.0 Å². The minimum atomic E-state index is -0.0644. The van der Waals surface area contributed by atoms with Crippen molar-refractivity contribution in [2.24, 2.45) is 0 Å². The summed E-state index contributed by atoms with van der Waals surface area (Å²) in [5, 5.41) is 0. The van der Waals surface area contributed by atoms with Crippen LogP contribution in [0.25, 0.3) is 0 Å². The molecular formula is C22H25N3O3. The topological polar surface area (TPSA) is 53.1 Å². The highest BCUT2D eigenvalue weighted by atomic mass is 16.5. The van der Waals surface area contributed by atoms with E-state index in [1.54, 1.807) is 4.90 Å². The third-order valence-electron chi connectivity index (χ3n) is 5.29. The van der Waals surface area contributed by atoms with Crippen molar-refractivity contribution in [1.82, 2.24) is 4.90 Å². The Balaban J connectivity index is 1.45. The number of amides is 2. The molecule has 0 atom stereocenters. The lowest BCUT2D eigenvalue weighted by Crippen LogP contribution is -2.38. The molecule has 0 N–H and O–H groups in total. The maximum atomic E-state index is 12.9. The van der Waals surface area contributed by atoms with Crippen molar-refractivity contribution >= 4 is 23.2 Å². The normalized spacial score (nSPS) is 17.4. The van der Waals surface area contributed by atoms with Crippen molar-refractivity contribution in [2.75, 3.05) is 43.1 Å². The molecule has 4 rings (SSSR count). The molecular weight excluding hydrogens is 354 g/mol. The molecule has 2 aliphatic rings. The van der Waals surface area contributed by atoms with Gasteiger partial charge < -0.3 is 19.4 Å². The molecule has 0 aromatic heterocycles. The van der Waals surface area contributed by atoms with E-state index in [1.165, 1.54) is 0 Å². The molecule has 146 valence electrons. The molecule has 0 radical (unpaired) electrons. The van der Waals surface area contributed by atoms with Gasteiger partial charge >= 0.3 is 0 Å². The van der Waals surface area contributed by atoms with Gasteiger partial charge in [0.25, 0.3) is 5.91 Å². The van der Waals surface area contributed by atoms with E-state index in [0.29, 0.717) is 18.7 Å². The van der Waals surface area contributed by atoms with Crippen LogP contribution in [-0.2, 0) is 16.1 Å². The van der Waals surface area contributed by atoms with Gasteiger partial charge in [-0.1, -0.05) is 24.3 Å². The lowest BCUT2D eigenvalue weighted by molar-refractivity contribution is -0.120. The summed E-state index contributed by atoms with van der Waals surface area (Å²) in [6.45, 7) is 2.98. The molecule has 0 bridgehead atoms. The molecule has 0 saturated carbocycles. The predicted octanol–water partition coefficient (Wildman–Crippen LogP) is 2.67. The van der Waals surface area contributed by atoms with Crippen molar-refractivity contribution < 1.29 is 14.3 Å². The monoisotopic (exact) mass is 379 g/mol. The van der Waals surface area contributed by atoms with E-state index in [-0.39, 0.29) is 18.4 Å². The Labute approximate surface area is 165 Å². The highest BCUT2D eigenvalue weighted by Crippen LogP contribution is 2.27. The van der Waals surface area contributed by atoms with Crippen molar-refractivity contribution in [2.45, 2.75) is 19.4 Å². The first-order valence-corrected chi connectivity index (χ1v) is 9.72. The first-order chi connectivity index (χ1) is 13.6. The van der Waals surface area contributed by atoms with Crippen LogP contribution in [0.2, 0.25) is 0 Å². The van der Waals surface area contributed by atoms with Crippen molar-refractivity contribution in [3.05, 3.63) is 54.1 Å². The van der Waals surface area contributed by atoms with Crippen LogP contribution >= 0.6 is 0 Å². The second-order valence-electron chi connectivity index (χ2n) is 7.35. The Kier molecular flexibility index (Phi) is 5.30. The zero-order valence-corrected chi connectivity index (χ0v) is 16.1. The summed E-state index contributed by atoms with van der Waals surface area (Å²) in [6, 6.07) is 15.4. The van der Waals surface area contributed by atoms with Crippen LogP contribution in [0.5, 0.6) is 5.75 Å². The average Bonchev–Trinajstić information content (AvgIpc) is 3.05. The number of carbonyl (C=O) groups is 2. The van der Waals surface area contributed by atoms with E-state index >= 15 is 0 Å². The van der Waals surface area contributed by atoms with Gasteiger partial charge in [-0.25, -0.2) is 0 Å². The smallest absolute Gasteiger partial charge is 0.264 e. The van der Waals surface area contributed by atoms with Crippen LogP contribution in [0, 0.1) is 0 Å². The molecule has 2 amide bonds. The van der Waals surface area contributed by atoms with Gasteiger partial charge in [0.2, 0.25) is 5.91 Å². The standard InChI is InChI=1S/C22H25N3O3/c1-23-12-13-25(20-9-3-2-6-17(20)15-23)22(27)16-28-19-8-4-7-18(14-19)24-11-5-10-21(24)26/h2-4,6-9,14H,5,10-13,15-16H2,1H3. The molecule has 1 fully saturated rings. The zero-order valence-electron chi connectivity index (χ0n) is 16.1. The fourth-order valence-electron chi connectivity index (χ4n) is 3.81. The summed E-state index contributed by atoms with van der Waals surface area (Å²) in [4.78, 5) is 30.7. The molecule has 1 saturated heterocycles. The lowest BCUT2D eigenvalue weighted by Gasteiger charge is -2.23. The third-order valence-corrected chi connectivity index (χ3v) is 5.29. The number of anilines is 2. The Morgan fingerprint density at radius 3 is 2.75 bits per heavy atom. The maximum Gasteiger partial charge on any atom is 0.264 e. The number of para-hydroxylation sites is 1. The Hall–Kier alpha value is -2.86. The maximum absolute atomic E-state index is 12.9. The quantitative estimate of drug-likeness (QED) is 0.820. The number of rotatable bonds is 4. The summed E-state index contributed by atoms with van der Waals surface area (Å²) < 4.78 is 5.80. The third kappa shape index (κ3) is 3.87. The molecule has 2 aromatic carbocycles. The molecule has 6 nitrogen and oxygen atoms in total. The van der Waals surface area contributed by atoms with Gasteiger partial charge in [-0.2, -0.15) is 0 Å². The summed E-state index contributed by atoms with van der Waals surface area (Å²) in [5.74, 6) is 0.676. The Bertz CT molecular complexity index is 883. The molecule has 0 unspecified atom stereocenters. The molecule has 28 heavy (non-hydrogen) atoms. The number of fused-ring (bicyclic) bond motifs is 1. The van der Waals surface area contributed by atoms with Gasteiger partial charge in [-0.15, -0.1) is 0 Å². The molecule has 6 heteroatoms. The Morgan fingerprint density at radius 2 is 1.93 bits per heavy atom. The second kappa shape index (κ2) is 8.02. The molecule has 2 aromatic rings. The fourth-order valence-corrected chi connectivity index (χ4v) is 3.81. The number of carbonyl (C=O) groups excluding carboxylic acids is 2. The number of hydrogen-bond donors (Lipinski definition) is 0. The van der Waals surface area contributed by atoms with E-state index < -0.39 is 0 Å². The number of hydrogen-bond acceptors (Lipinski definition) is 4. The van der Waals surface area contributed by atoms with E-state index in [9.17, 15) is 9.59 Å². The molecule has 0 aliphatic carbocycles. The number of nitrogens with zero attached hydrogens (tertiary/aromatic N) is 3. The van der Waals surface area contributed by atoms with Crippen molar-refractivity contribution in [3.8, 4) is 5.75 Å². The van der Waals surface area contributed by atoms with E-state index in [1.807, 2.05) is 47.4 Å². The average molecular weight is 379 g/mol.